The fourth-order valence-electron chi connectivity index (χ4n) is 3.23. The van der Waals surface area contributed by atoms with Crippen molar-refractivity contribution in [2.24, 2.45) is 5.73 Å². The Labute approximate surface area is 206 Å². The molecule has 0 aliphatic carbocycles. The predicted octanol–water partition coefficient (Wildman–Crippen LogP) is -0.744. The monoisotopic (exact) mass is 501 g/mol. The highest BCUT2D eigenvalue weighted by Crippen LogP contribution is 2.14. The van der Waals surface area contributed by atoms with Crippen molar-refractivity contribution < 1.29 is 19.4 Å². The van der Waals surface area contributed by atoms with Gasteiger partial charge >= 0.3 is 5.69 Å². The number of nitrogens with two attached hydrogens (primary N) is 1. The van der Waals surface area contributed by atoms with Crippen molar-refractivity contribution >= 4 is 11.8 Å². The van der Waals surface area contributed by atoms with Gasteiger partial charge < -0.3 is 31.2 Å². The molecule has 1 aromatic carbocycles. The maximum absolute atomic E-state index is 12.6. The number of ether oxygens (including phenoxy) is 1. The number of H-pyrrole nitrogens is 2. The number of tetrazole rings is 1. The Balaban J connectivity index is 1.56. The number of rotatable bonds is 13. The first kappa shape index (κ1) is 26.6. The number of nitrogens with one attached hydrogen (secondary N) is 4. The van der Waals surface area contributed by atoms with E-state index >= 15 is 0 Å². The van der Waals surface area contributed by atoms with Gasteiger partial charge in [0.25, 0.3) is 0 Å². The van der Waals surface area contributed by atoms with Gasteiger partial charge in [-0.1, -0.05) is 30.3 Å². The van der Waals surface area contributed by atoms with Crippen molar-refractivity contribution in [3.05, 3.63) is 57.9 Å². The zero-order chi connectivity index (χ0) is 26.1. The fourth-order valence-corrected chi connectivity index (χ4v) is 3.23. The summed E-state index contributed by atoms with van der Waals surface area (Å²) in [4.78, 5) is 40.3. The van der Waals surface area contributed by atoms with Gasteiger partial charge in [0.2, 0.25) is 17.7 Å². The number of hydrogen-bond acceptors (Lipinski definition) is 9. The summed E-state index contributed by atoms with van der Waals surface area (Å²) in [6.07, 6.45) is 0.301. The Bertz CT molecular complexity index is 1200. The molecule has 194 valence electrons. The molecule has 0 aliphatic rings. The van der Waals surface area contributed by atoms with E-state index in [0.29, 0.717) is 31.9 Å². The summed E-state index contributed by atoms with van der Waals surface area (Å²) < 4.78 is 7.36. The largest absolute Gasteiger partial charge is 0.493 e. The van der Waals surface area contributed by atoms with Gasteiger partial charge in [0, 0.05) is 13.1 Å². The van der Waals surface area contributed by atoms with Crippen LogP contribution in [0, 0.1) is 0 Å². The quantitative estimate of drug-likeness (QED) is 0.163. The second kappa shape index (κ2) is 12.1. The van der Waals surface area contributed by atoms with Gasteiger partial charge in [0.15, 0.2) is 5.82 Å². The molecule has 36 heavy (non-hydrogen) atoms. The molecule has 3 aromatic rings. The number of carbonyl (C=O) groups is 2. The van der Waals surface area contributed by atoms with Gasteiger partial charge in [0.05, 0.1) is 30.9 Å². The van der Waals surface area contributed by atoms with Crippen molar-refractivity contribution in [3.63, 3.8) is 0 Å². The number of benzene rings is 1. The molecule has 0 radical (unpaired) electrons. The number of carbonyl (C=O) groups excluding carboxylic acids is 2. The lowest BCUT2D eigenvalue weighted by Crippen LogP contribution is -2.51. The Morgan fingerprint density at radius 1 is 1.25 bits per heavy atom. The molecule has 0 spiro atoms. The van der Waals surface area contributed by atoms with E-state index in [9.17, 15) is 19.5 Å². The molecule has 1 atom stereocenters. The summed E-state index contributed by atoms with van der Waals surface area (Å²) in [6.45, 7) is 4.30. The first-order valence-electron chi connectivity index (χ1n) is 11.4. The number of imidazole rings is 1. The van der Waals surface area contributed by atoms with E-state index in [1.165, 1.54) is 4.68 Å². The lowest BCUT2D eigenvalue weighted by molar-refractivity contribution is -0.126. The third kappa shape index (κ3) is 7.74. The SMILES string of the molecule is CC(C)(N)C(=O)N[C@H](COCc1ccccc1)c1nnnn1CCCNC(=O)Cc1[nH]c(=O)[nH]c1O. The van der Waals surface area contributed by atoms with Crippen LogP contribution in [0.2, 0.25) is 0 Å². The standard InChI is InChI=1S/C22H31N9O5/c1-22(2,23)20(34)25-16(13-36-12-14-7-4-3-5-8-14)18-28-29-30-31(18)10-6-9-24-17(32)11-15-19(33)27-21(35)26-15/h3-5,7-8,16,33H,6,9-13,23H2,1-2H3,(H,24,32)(H,25,34)(H2,26,27,35)/t16-/m1/s1. The molecule has 0 unspecified atom stereocenters. The Morgan fingerprint density at radius 3 is 2.67 bits per heavy atom. The van der Waals surface area contributed by atoms with Gasteiger partial charge in [-0.2, -0.15) is 0 Å². The average molecular weight is 502 g/mol. The maximum Gasteiger partial charge on any atom is 0.325 e. The van der Waals surface area contributed by atoms with Crippen LogP contribution in [0.5, 0.6) is 5.88 Å². The maximum atomic E-state index is 12.6. The molecular formula is C22H31N9O5. The number of nitrogens with zero attached hydrogens (tertiary/aromatic N) is 4. The van der Waals surface area contributed by atoms with E-state index in [2.05, 4.69) is 36.1 Å². The molecule has 3 rings (SSSR count). The van der Waals surface area contributed by atoms with Gasteiger partial charge in [-0.05, 0) is 36.3 Å². The predicted molar refractivity (Wildman–Crippen MR) is 127 cm³/mol. The highest BCUT2D eigenvalue weighted by atomic mass is 16.5. The molecule has 14 heteroatoms. The summed E-state index contributed by atoms with van der Waals surface area (Å²) in [5.74, 6) is -0.732. The molecule has 2 aromatic heterocycles. The Morgan fingerprint density at radius 2 is 2.00 bits per heavy atom. The van der Waals surface area contributed by atoms with Gasteiger partial charge in [0.1, 0.15) is 6.04 Å². The molecule has 7 N–H and O–H groups in total. The molecule has 2 heterocycles. The van der Waals surface area contributed by atoms with Crippen molar-refractivity contribution in [2.75, 3.05) is 13.2 Å². The minimum absolute atomic E-state index is 0.108. The molecule has 0 saturated heterocycles. The van der Waals surface area contributed by atoms with Crippen molar-refractivity contribution in [3.8, 4) is 5.88 Å². The van der Waals surface area contributed by atoms with E-state index in [1.807, 2.05) is 30.3 Å². The average Bonchev–Trinajstić information content (AvgIpc) is 3.41. The normalized spacial score (nSPS) is 12.3. The first-order valence-corrected chi connectivity index (χ1v) is 11.4. The fraction of sp³-hybridized carbons (Fsp3) is 0.455. The van der Waals surface area contributed by atoms with Crippen molar-refractivity contribution in [1.82, 2.24) is 40.8 Å². The summed E-state index contributed by atoms with van der Waals surface area (Å²) in [5.41, 5.74) is 5.33. The second-order valence-corrected chi connectivity index (χ2v) is 8.80. The van der Waals surface area contributed by atoms with E-state index in [-0.39, 0.29) is 36.4 Å². The summed E-state index contributed by atoms with van der Waals surface area (Å²) in [6, 6.07) is 8.95. The number of aromatic nitrogens is 6. The number of hydrogen-bond donors (Lipinski definition) is 6. The lowest BCUT2D eigenvalue weighted by atomic mass is 10.1. The Kier molecular flexibility index (Phi) is 8.91. The topological polar surface area (TPSA) is 206 Å². The number of amides is 2. The van der Waals surface area contributed by atoms with Crippen molar-refractivity contribution in [1.29, 1.82) is 0 Å². The van der Waals surface area contributed by atoms with Crippen LogP contribution in [0.4, 0.5) is 0 Å². The Hall–Kier alpha value is -4.04. The molecular weight excluding hydrogens is 470 g/mol. The minimum Gasteiger partial charge on any atom is -0.493 e. The van der Waals surface area contributed by atoms with Crippen LogP contribution >= 0.6 is 0 Å². The smallest absolute Gasteiger partial charge is 0.325 e. The highest BCUT2D eigenvalue weighted by Gasteiger charge is 2.28. The van der Waals surface area contributed by atoms with Gasteiger partial charge in [-0.3, -0.25) is 14.6 Å². The molecule has 0 aliphatic heterocycles. The third-order valence-corrected chi connectivity index (χ3v) is 5.15. The lowest BCUT2D eigenvalue weighted by Gasteiger charge is -2.23. The minimum atomic E-state index is -1.11. The van der Waals surface area contributed by atoms with Crippen LogP contribution in [0.25, 0.3) is 0 Å². The first-order chi connectivity index (χ1) is 17.1. The van der Waals surface area contributed by atoms with E-state index < -0.39 is 17.3 Å². The number of aromatic hydroxyl groups is 1. The third-order valence-electron chi connectivity index (χ3n) is 5.15. The molecule has 0 fully saturated rings. The number of aromatic amines is 2. The summed E-state index contributed by atoms with van der Waals surface area (Å²) in [7, 11) is 0. The second-order valence-electron chi connectivity index (χ2n) is 8.80. The van der Waals surface area contributed by atoms with Gasteiger partial charge in [-0.25, -0.2) is 9.48 Å². The van der Waals surface area contributed by atoms with Crippen LogP contribution in [-0.4, -0.2) is 65.8 Å². The van der Waals surface area contributed by atoms with Gasteiger partial charge in [-0.15, -0.1) is 5.10 Å². The zero-order valence-electron chi connectivity index (χ0n) is 20.2. The number of aryl methyl sites for hydroxylation is 1. The molecule has 14 nitrogen and oxygen atoms in total. The van der Waals surface area contributed by atoms with Crippen LogP contribution in [0.1, 0.15) is 43.4 Å². The van der Waals surface area contributed by atoms with E-state index in [1.54, 1.807) is 13.8 Å². The van der Waals surface area contributed by atoms with Crippen LogP contribution in [0.15, 0.2) is 35.1 Å². The summed E-state index contributed by atoms with van der Waals surface area (Å²) in [5, 5.41) is 26.9. The summed E-state index contributed by atoms with van der Waals surface area (Å²) >= 11 is 0. The molecule has 0 saturated carbocycles. The van der Waals surface area contributed by atoms with Crippen LogP contribution < -0.4 is 22.1 Å². The van der Waals surface area contributed by atoms with E-state index in [0.717, 1.165) is 5.56 Å². The van der Waals surface area contributed by atoms with E-state index in [4.69, 9.17) is 10.5 Å². The van der Waals surface area contributed by atoms with Crippen LogP contribution in [0.3, 0.4) is 0 Å². The van der Waals surface area contributed by atoms with Crippen LogP contribution in [-0.2, 0) is 33.9 Å². The molecule has 2 amide bonds. The van der Waals surface area contributed by atoms with Crippen molar-refractivity contribution in [2.45, 2.75) is 51.4 Å². The molecule has 0 bridgehead atoms. The highest BCUT2D eigenvalue weighted by molar-refractivity contribution is 5.85. The zero-order valence-corrected chi connectivity index (χ0v) is 20.2.